The molecule has 0 aromatic carbocycles. The van der Waals surface area contributed by atoms with Crippen LogP contribution < -0.4 is 5.32 Å². The molecule has 2 saturated carbocycles. The van der Waals surface area contributed by atoms with Crippen LogP contribution in [0.1, 0.15) is 58.3 Å². The summed E-state index contributed by atoms with van der Waals surface area (Å²) in [6.07, 6.45) is 11.7. The van der Waals surface area contributed by atoms with Crippen LogP contribution in [0.4, 0.5) is 0 Å². The normalized spacial score (nSPS) is 26.4. The Kier molecular flexibility index (Phi) is 3.48. The fourth-order valence-corrected chi connectivity index (χ4v) is 2.76. The first-order valence-electron chi connectivity index (χ1n) is 6.55. The van der Waals surface area contributed by atoms with Gasteiger partial charge in [0, 0.05) is 6.54 Å². The molecule has 0 heterocycles. The molecule has 1 heteroatoms. The summed E-state index contributed by atoms with van der Waals surface area (Å²) < 4.78 is 0. The molecule has 0 bridgehead atoms. The van der Waals surface area contributed by atoms with Crippen LogP contribution in [0.2, 0.25) is 0 Å². The lowest BCUT2D eigenvalue weighted by atomic mass is 9.89. The van der Waals surface area contributed by atoms with Gasteiger partial charge >= 0.3 is 0 Å². The van der Waals surface area contributed by atoms with Crippen LogP contribution in [-0.4, -0.2) is 13.1 Å². The first-order valence-corrected chi connectivity index (χ1v) is 6.55. The van der Waals surface area contributed by atoms with Gasteiger partial charge in [0.05, 0.1) is 0 Å². The largest absolute Gasteiger partial charge is 0.316 e. The Hall–Kier alpha value is -0.0400. The molecule has 0 aromatic heterocycles. The van der Waals surface area contributed by atoms with Crippen molar-refractivity contribution in [2.24, 2.45) is 11.3 Å². The van der Waals surface area contributed by atoms with Gasteiger partial charge in [0.2, 0.25) is 0 Å². The van der Waals surface area contributed by atoms with E-state index in [0.29, 0.717) is 0 Å². The topological polar surface area (TPSA) is 12.0 Å². The third-order valence-corrected chi connectivity index (χ3v) is 4.36. The van der Waals surface area contributed by atoms with Crippen LogP contribution >= 0.6 is 0 Å². The molecule has 0 atom stereocenters. The van der Waals surface area contributed by atoms with Gasteiger partial charge in [-0.15, -0.1) is 0 Å². The molecule has 0 saturated heterocycles. The van der Waals surface area contributed by atoms with Gasteiger partial charge in [-0.05, 0) is 50.0 Å². The van der Waals surface area contributed by atoms with Crippen molar-refractivity contribution in [2.75, 3.05) is 13.1 Å². The Morgan fingerprint density at radius 3 is 2.43 bits per heavy atom. The van der Waals surface area contributed by atoms with Gasteiger partial charge < -0.3 is 5.32 Å². The lowest BCUT2D eigenvalue weighted by molar-refractivity contribution is 0.326. The predicted molar refractivity (Wildman–Crippen MR) is 61.4 cm³/mol. The molecule has 0 unspecified atom stereocenters. The van der Waals surface area contributed by atoms with Crippen LogP contribution in [0.5, 0.6) is 0 Å². The summed E-state index contributed by atoms with van der Waals surface area (Å²) in [5, 5.41) is 3.71. The molecule has 0 spiro atoms. The molecule has 0 aromatic rings. The smallest absolute Gasteiger partial charge is 0.000783 e. The maximum Gasteiger partial charge on any atom is 0.000783 e. The standard InChI is InChI=1S/C13H25N/c1-2-13(8-9-13)11-14-10-12-6-4-3-5-7-12/h12,14H,2-11H2,1H3. The Labute approximate surface area is 88.7 Å². The van der Waals surface area contributed by atoms with Gasteiger partial charge in [0.15, 0.2) is 0 Å². The Morgan fingerprint density at radius 1 is 1.14 bits per heavy atom. The highest BCUT2D eigenvalue weighted by Crippen LogP contribution is 2.47. The first kappa shape index (κ1) is 10.5. The van der Waals surface area contributed by atoms with Gasteiger partial charge in [0.1, 0.15) is 0 Å². The van der Waals surface area contributed by atoms with Crippen LogP contribution in [-0.2, 0) is 0 Å². The molecule has 1 nitrogen and oxygen atoms in total. The highest BCUT2D eigenvalue weighted by molar-refractivity contribution is 4.93. The van der Waals surface area contributed by atoms with E-state index >= 15 is 0 Å². The zero-order valence-electron chi connectivity index (χ0n) is 9.65. The summed E-state index contributed by atoms with van der Waals surface area (Å²) in [5.74, 6) is 0.997. The third kappa shape index (κ3) is 2.73. The summed E-state index contributed by atoms with van der Waals surface area (Å²) in [6, 6.07) is 0. The highest BCUT2D eigenvalue weighted by atomic mass is 14.9. The van der Waals surface area contributed by atoms with Crippen LogP contribution in [0.3, 0.4) is 0 Å². The predicted octanol–water partition coefficient (Wildman–Crippen LogP) is 3.35. The van der Waals surface area contributed by atoms with Crippen molar-refractivity contribution in [2.45, 2.75) is 58.3 Å². The summed E-state index contributed by atoms with van der Waals surface area (Å²) in [5.41, 5.74) is 0.731. The fraction of sp³-hybridized carbons (Fsp3) is 1.00. The van der Waals surface area contributed by atoms with E-state index in [1.807, 2.05) is 0 Å². The van der Waals surface area contributed by atoms with E-state index in [0.717, 1.165) is 11.3 Å². The maximum absolute atomic E-state index is 3.71. The molecule has 1 N–H and O–H groups in total. The maximum atomic E-state index is 3.71. The Balaban J connectivity index is 1.58. The average molecular weight is 195 g/mol. The molecule has 2 aliphatic rings. The zero-order valence-corrected chi connectivity index (χ0v) is 9.65. The Bertz CT molecular complexity index is 166. The quantitative estimate of drug-likeness (QED) is 0.709. The highest BCUT2D eigenvalue weighted by Gasteiger charge is 2.39. The van der Waals surface area contributed by atoms with E-state index < -0.39 is 0 Å². The minimum absolute atomic E-state index is 0.731. The lowest BCUT2D eigenvalue weighted by Crippen LogP contribution is -2.29. The Morgan fingerprint density at radius 2 is 1.86 bits per heavy atom. The number of nitrogens with one attached hydrogen (secondary N) is 1. The summed E-state index contributed by atoms with van der Waals surface area (Å²) in [6.45, 7) is 4.93. The number of hydrogen-bond acceptors (Lipinski definition) is 1. The SMILES string of the molecule is CCC1(CNCC2CCCCC2)CC1. The van der Waals surface area contributed by atoms with Crippen molar-refractivity contribution in [3.05, 3.63) is 0 Å². The van der Waals surface area contributed by atoms with Crippen molar-refractivity contribution in [1.82, 2.24) is 5.32 Å². The molecule has 2 rings (SSSR count). The molecule has 2 aliphatic carbocycles. The first-order chi connectivity index (χ1) is 6.85. The van der Waals surface area contributed by atoms with E-state index in [2.05, 4.69) is 12.2 Å². The van der Waals surface area contributed by atoms with Crippen molar-refractivity contribution in [3.63, 3.8) is 0 Å². The summed E-state index contributed by atoms with van der Waals surface area (Å²) in [7, 11) is 0. The molecule has 2 fully saturated rings. The molecular weight excluding hydrogens is 170 g/mol. The van der Waals surface area contributed by atoms with Gasteiger partial charge in [-0.25, -0.2) is 0 Å². The summed E-state index contributed by atoms with van der Waals surface area (Å²) in [4.78, 5) is 0. The van der Waals surface area contributed by atoms with Crippen LogP contribution in [0.25, 0.3) is 0 Å². The zero-order chi connectivity index (χ0) is 9.86. The fourth-order valence-electron chi connectivity index (χ4n) is 2.76. The van der Waals surface area contributed by atoms with Crippen LogP contribution in [0, 0.1) is 11.3 Å². The molecule has 0 aliphatic heterocycles. The molecule has 0 radical (unpaired) electrons. The van der Waals surface area contributed by atoms with Crippen molar-refractivity contribution >= 4 is 0 Å². The minimum atomic E-state index is 0.731. The van der Waals surface area contributed by atoms with Gasteiger partial charge in [-0.2, -0.15) is 0 Å². The van der Waals surface area contributed by atoms with Crippen molar-refractivity contribution in [1.29, 1.82) is 0 Å². The molecular formula is C13H25N. The van der Waals surface area contributed by atoms with Crippen LogP contribution in [0.15, 0.2) is 0 Å². The van der Waals surface area contributed by atoms with E-state index in [-0.39, 0.29) is 0 Å². The van der Waals surface area contributed by atoms with Gasteiger partial charge in [-0.1, -0.05) is 26.2 Å². The minimum Gasteiger partial charge on any atom is -0.316 e. The van der Waals surface area contributed by atoms with Gasteiger partial charge in [0.25, 0.3) is 0 Å². The average Bonchev–Trinajstić information content (AvgIpc) is 3.00. The van der Waals surface area contributed by atoms with E-state index in [4.69, 9.17) is 0 Å². The summed E-state index contributed by atoms with van der Waals surface area (Å²) >= 11 is 0. The van der Waals surface area contributed by atoms with E-state index in [1.54, 1.807) is 0 Å². The lowest BCUT2D eigenvalue weighted by Gasteiger charge is -2.23. The number of rotatable bonds is 5. The monoisotopic (exact) mass is 195 g/mol. The number of hydrogen-bond donors (Lipinski definition) is 1. The third-order valence-electron chi connectivity index (χ3n) is 4.36. The second-order valence-electron chi connectivity index (χ2n) is 5.49. The van der Waals surface area contributed by atoms with E-state index in [1.165, 1.54) is 64.5 Å². The molecule has 14 heavy (non-hydrogen) atoms. The second kappa shape index (κ2) is 4.65. The van der Waals surface area contributed by atoms with Crippen molar-refractivity contribution in [3.8, 4) is 0 Å². The van der Waals surface area contributed by atoms with Crippen molar-refractivity contribution < 1.29 is 0 Å². The van der Waals surface area contributed by atoms with E-state index in [9.17, 15) is 0 Å². The second-order valence-corrected chi connectivity index (χ2v) is 5.49. The molecule has 0 amide bonds. The molecule has 82 valence electrons. The van der Waals surface area contributed by atoms with Gasteiger partial charge in [-0.3, -0.25) is 0 Å².